The predicted octanol–water partition coefficient (Wildman–Crippen LogP) is 0.421. The summed E-state index contributed by atoms with van der Waals surface area (Å²) in [5, 5.41) is 0. The van der Waals surface area contributed by atoms with E-state index in [-0.39, 0.29) is 5.78 Å². The van der Waals surface area contributed by atoms with Crippen LogP contribution in [0.25, 0.3) is 0 Å². The first-order chi connectivity index (χ1) is 5.29. The number of carbonyl (C=O) groups is 1. The van der Waals surface area contributed by atoms with Crippen LogP contribution in [-0.2, 0) is 9.53 Å². The van der Waals surface area contributed by atoms with Gasteiger partial charge in [-0.3, -0.25) is 4.79 Å². The zero-order chi connectivity index (χ0) is 8.10. The Bertz CT molecular complexity index is 159. The first-order valence-corrected chi connectivity index (χ1v) is 3.79. The number of morpholine rings is 1. The Kier molecular flexibility index (Phi) is 3.11. The van der Waals surface area contributed by atoms with Crippen molar-refractivity contribution in [1.29, 1.82) is 0 Å². The van der Waals surface area contributed by atoms with Gasteiger partial charge < -0.3 is 9.64 Å². The van der Waals surface area contributed by atoms with E-state index in [4.69, 9.17) is 4.74 Å². The maximum absolute atomic E-state index is 10.5. The summed E-state index contributed by atoms with van der Waals surface area (Å²) in [5.41, 5.74) is 0. The zero-order valence-corrected chi connectivity index (χ0v) is 6.75. The molecule has 1 rings (SSSR count). The molecule has 11 heavy (non-hydrogen) atoms. The van der Waals surface area contributed by atoms with Gasteiger partial charge in [-0.1, -0.05) is 0 Å². The van der Waals surface area contributed by atoms with Crippen LogP contribution in [0.4, 0.5) is 0 Å². The van der Waals surface area contributed by atoms with Crippen molar-refractivity contribution in [1.82, 2.24) is 4.90 Å². The predicted molar refractivity (Wildman–Crippen MR) is 42.2 cm³/mol. The van der Waals surface area contributed by atoms with Crippen LogP contribution in [0, 0.1) is 0 Å². The summed E-state index contributed by atoms with van der Waals surface area (Å²) < 4.78 is 5.15. The fourth-order valence-electron chi connectivity index (χ4n) is 0.937. The van der Waals surface area contributed by atoms with Crippen LogP contribution in [0.5, 0.6) is 0 Å². The van der Waals surface area contributed by atoms with Gasteiger partial charge in [0.25, 0.3) is 0 Å². The lowest BCUT2D eigenvalue weighted by Crippen LogP contribution is -2.32. The third kappa shape index (κ3) is 3.18. The summed E-state index contributed by atoms with van der Waals surface area (Å²) >= 11 is 0. The SMILES string of the molecule is CC(=O)/C=C\N1CCOCC1. The van der Waals surface area contributed by atoms with Crippen molar-refractivity contribution in [3.05, 3.63) is 12.3 Å². The lowest BCUT2D eigenvalue weighted by Gasteiger charge is -2.24. The van der Waals surface area contributed by atoms with E-state index in [0.717, 1.165) is 26.3 Å². The molecular formula is C8H13NO2. The van der Waals surface area contributed by atoms with E-state index in [1.807, 2.05) is 6.20 Å². The molecule has 3 nitrogen and oxygen atoms in total. The smallest absolute Gasteiger partial charge is 0.154 e. The normalized spacial score (nSPS) is 19.2. The molecule has 0 amide bonds. The molecule has 0 unspecified atom stereocenters. The van der Waals surface area contributed by atoms with E-state index < -0.39 is 0 Å². The summed E-state index contributed by atoms with van der Waals surface area (Å²) in [4.78, 5) is 12.6. The molecule has 1 saturated heterocycles. The second kappa shape index (κ2) is 4.13. The third-order valence-corrected chi connectivity index (χ3v) is 1.57. The molecule has 0 radical (unpaired) electrons. The van der Waals surface area contributed by atoms with Gasteiger partial charge in [0.1, 0.15) is 0 Å². The van der Waals surface area contributed by atoms with Crippen LogP contribution in [0.3, 0.4) is 0 Å². The van der Waals surface area contributed by atoms with Gasteiger partial charge in [0.2, 0.25) is 0 Å². The van der Waals surface area contributed by atoms with E-state index >= 15 is 0 Å². The summed E-state index contributed by atoms with van der Waals surface area (Å²) in [6, 6.07) is 0. The third-order valence-electron chi connectivity index (χ3n) is 1.57. The summed E-state index contributed by atoms with van der Waals surface area (Å²) in [7, 11) is 0. The number of carbonyl (C=O) groups excluding carboxylic acids is 1. The molecule has 0 atom stereocenters. The highest BCUT2D eigenvalue weighted by atomic mass is 16.5. The van der Waals surface area contributed by atoms with E-state index in [1.165, 1.54) is 0 Å². The second-order valence-corrected chi connectivity index (χ2v) is 2.57. The lowest BCUT2D eigenvalue weighted by atomic mass is 10.4. The Labute approximate surface area is 66.6 Å². The van der Waals surface area contributed by atoms with E-state index in [2.05, 4.69) is 4.90 Å². The summed E-state index contributed by atoms with van der Waals surface area (Å²) in [6.45, 7) is 4.87. The summed E-state index contributed by atoms with van der Waals surface area (Å²) in [6.07, 6.45) is 3.43. The van der Waals surface area contributed by atoms with Gasteiger partial charge in [-0.05, 0) is 13.0 Å². The van der Waals surface area contributed by atoms with Gasteiger partial charge in [0.05, 0.1) is 13.2 Å². The van der Waals surface area contributed by atoms with Crippen LogP contribution in [0.15, 0.2) is 12.3 Å². The minimum atomic E-state index is 0.0940. The molecule has 1 aliphatic rings. The van der Waals surface area contributed by atoms with Crippen LogP contribution in [0.2, 0.25) is 0 Å². The van der Waals surface area contributed by atoms with Crippen LogP contribution in [0.1, 0.15) is 6.92 Å². The Balaban J connectivity index is 2.29. The average molecular weight is 155 g/mol. The van der Waals surface area contributed by atoms with Gasteiger partial charge in [0, 0.05) is 19.3 Å². The molecule has 3 heteroatoms. The van der Waals surface area contributed by atoms with Crippen molar-refractivity contribution < 1.29 is 9.53 Å². The largest absolute Gasteiger partial charge is 0.378 e. The number of hydrogen-bond donors (Lipinski definition) is 0. The lowest BCUT2D eigenvalue weighted by molar-refractivity contribution is -0.112. The van der Waals surface area contributed by atoms with Crippen LogP contribution >= 0.6 is 0 Å². The van der Waals surface area contributed by atoms with E-state index in [9.17, 15) is 4.79 Å². The molecule has 1 fully saturated rings. The van der Waals surface area contributed by atoms with Gasteiger partial charge in [0.15, 0.2) is 5.78 Å². The number of ketones is 1. The Hall–Kier alpha value is -0.830. The number of allylic oxidation sites excluding steroid dienone is 1. The molecule has 0 bridgehead atoms. The molecule has 1 heterocycles. The van der Waals surface area contributed by atoms with Gasteiger partial charge in [-0.15, -0.1) is 0 Å². The fraction of sp³-hybridized carbons (Fsp3) is 0.625. The Morgan fingerprint density at radius 2 is 2.09 bits per heavy atom. The van der Waals surface area contributed by atoms with Crippen molar-refractivity contribution in [2.75, 3.05) is 26.3 Å². The Morgan fingerprint density at radius 1 is 1.45 bits per heavy atom. The maximum Gasteiger partial charge on any atom is 0.154 e. The van der Waals surface area contributed by atoms with Gasteiger partial charge in [-0.25, -0.2) is 0 Å². The maximum atomic E-state index is 10.5. The van der Waals surface area contributed by atoms with Crippen molar-refractivity contribution in [2.24, 2.45) is 0 Å². The van der Waals surface area contributed by atoms with Crippen LogP contribution < -0.4 is 0 Å². The number of nitrogens with zero attached hydrogens (tertiary/aromatic N) is 1. The Morgan fingerprint density at radius 3 is 2.64 bits per heavy atom. The molecule has 0 N–H and O–H groups in total. The molecule has 0 aromatic carbocycles. The van der Waals surface area contributed by atoms with Gasteiger partial charge >= 0.3 is 0 Å². The number of ether oxygens (including phenoxy) is 1. The molecular weight excluding hydrogens is 142 g/mol. The molecule has 1 aliphatic heterocycles. The standard InChI is InChI=1S/C8H13NO2/c1-8(10)2-3-9-4-6-11-7-5-9/h2-3H,4-7H2,1H3/b3-2-. The first kappa shape index (κ1) is 8.27. The molecule has 0 aromatic heterocycles. The van der Waals surface area contributed by atoms with Crippen LogP contribution in [-0.4, -0.2) is 37.0 Å². The van der Waals surface area contributed by atoms with Crippen molar-refractivity contribution in [2.45, 2.75) is 6.92 Å². The second-order valence-electron chi connectivity index (χ2n) is 2.57. The zero-order valence-electron chi connectivity index (χ0n) is 6.75. The highest BCUT2D eigenvalue weighted by molar-refractivity contribution is 5.87. The first-order valence-electron chi connectivity index (χ1n) is 3.79. The van der Waals surface area contributed by atoms with E-state index in [0.29, 0.717) is 0 Å². The van der Waals surface area contributed by atoms with Gasteiger partial charge in [-0.2, -0.15) is 0 Å². The fourth-order valence-corrected chi connectivity index (χ4v) is 0.937. The molecule has 0 saturated carbocycles. The number of rotatable bonds is 2. The highest BCUT2D eigenvalue weighted by Crippen LogP contribution is 1.96. The van der Waals surface area contributed by atoms with E-state index in [1.54, 1.807) is 13.0 Å². The van der Waals surface area contributed by atoms with Crippen molar-refractivity contribution >= 4 is 5.78 Å². The number of hydrogen-bond acceptors (Lipinski definition) is 3. The topological polar surface area (TPSA) is 29.5 Å². The minimum absolute atomic E-state index is 0.0940. The molecule has 0 spiro atoms. The summed E-state index contributed by atoms with van der Waals surface area (Å²) in [5.74, 6) is 0.0940. The molecule has 0 aromatic rings. The minimum Gasteiger partial charge on any atom is -0.378 e. The van der Waals surface area contributed by atoms with Crippen molar-refractivity contribution in [3.8, 4) is 0 Å². The molecule has 0 aliphatic carbocycles. The average Bonchev–Trinajstić information content (AvgIpc) is 2.03. The highest BCUT2D eigenvalue weighted by Gasteiger charge is 2.04. The molecule has 62 valence electrons. The van der Waals surface area contributed by atoms with Crippen molar-refractivity contribution in [3.63, 3.8) is 0 Å². The monoisotopic (exact) mass is 155 g/mol. The quantitative estimate of drug-likeness (QED) is 0.541.